The summed E-state index contributed by atoms with van der Waals surface area (Å²) in [5.74, 6) is 1.48. The molecule has 2 rings (SSSR count). The molecule has 0 spiro atoms. The van der Waals surface area contributed by atoms with Crippen LogP contribution in [0.25, 0.3) is 0 Å². The zero-order chi connectivity index (χ0) is 19.5. The van der Waals surface area contributed by atoms with E-state index in [1.54, 1.807) is 26.1 Å². The molecule has 2 aromatic rings. The summed E-state index contributed by atoms with van der Waals surface area (Å²) in [6, 6.07) is 18.0. The zero-order valence-corrected chi connectivity index (χ0v) is 16.2. The van der Waals surface area contributed by atoms with Crippen molar-refractivity contribution >= 4 is 11.9 Å². The minimum absolute atomic E-state index is 0.00561. The fourth-order valence-corrected chi connectivity index (χ4v) is 2.47. The first kappa shape index (κ1) is 20.3. The van der Waals surface area contributed by atoms with Crippen molar-refractivity contribution in [3.8, 4) is 5.75 Å². The molecule has 0 saturated heterocycles. The van der Waals surface area contributed by atoms with Crippen molar-refractivity contribution in [2.75, 3.05) is 34.3 Å². The third-order valence-electron chi connectivity index (χ3n) is 4.05. The molecule has 27 heavy (non-hydrogen) atoms. The lowest BCUT2D eigenvalue weighted by atomic mass is 10.1. The highest BCUT2D eigenvalue weighted by molar-refractivity contribution is 5.86. The van der Waals surface area contributed by atoms with Gasteiger partial charge in [0.05, 0.1) is 20.2 Å². The topological polar surface area (TPSA) is 66.0 Å². The number of methoxy groups -OCH3 is 1. The van der Waals surface area contributed by atoms with E-state index < -0.39 is 0 Å². The van der Waals surface area contributed by atoms with Gasteiger partial charge in [-0.1, -0.05) is 48.5 Å². The Kier molecular flexibility index (Phi) is 8.16. The van der Waals surface area contributed by atoms with Gasteiger partial charge in [-0.15, -0.1) is 0 Å². The SMILES string of the molecule is COc1ccccc1CCNC(=NCc1ccccc1)NCC(=O)N(C)C. The van der Waals surface area contributed by atoms with Crippen LogP contribution in [0.5, 0.6) is 5.75 Å². The molecule has 0 fully saturated rings. The molecule has 0 unspecified atom stereocenters. The third kappa shape index (κ3) is 7.01. The average Bonchev–Trinajstić information content (AvgIpc) is 2.70. The summed E-state index contributed by atoms with van der Waals surface area (Å²) in [5, 5.41) is 6.40. The van der Waals surface area contributed by atoms with E-state index >= 15 is 0 Å². The van der Waals surface area contributed by atoms with E-state index in [1.165, 1.54) is 0 Å². The maximum absolute atomic E-state index is 11.9. The highest BCUT2D eigenvalue weighted by atomic mass is 16.5. The molecule has 6 heteroatoms. The van der Waals surface area contributed by atoms with Crippen LogP contribution in [0.2, 0.25) is 0 Å². The van der Waals surface area contributed by atoms with Crippen LogP contribution >= 0.6 is 0 Å². The van der Waals surface area contributed by atoms with E-state index in [9.17, 15) is 4.79 Å². The van der Waals surface area contributed by atoms with Gasteiger partial charge in [-0.05, 0) is 23.6 Å². The van der Waals surface area contributed by atoms with Crippen LogP contribution in [0.3, 0.4) is 0 Å². The van der Waals surface area contributed by atoms with Gasteiger partial charge in [0.2, 0.25) is 5.91 Å². The molecule has 0 saturated carbocycles. The summed E-state index contributed by atoms with van der Waals surface area (Å²) in [6.45, 7) is 1.42. The Balaban J connectivity index is 1.97. The number of carbonyl (C=O) groups excluding carboxylic acids is 1. The lowest BCUT2D eigenvalue weighted by molar-refractivity contribution is -0.127. The van der Waals surface area contributed by atoms with E-state index in [4.69, 9.17) is 4.74 Å². The van der Waals surface area contributed by atoms with Gasteiger partial charge >= 0.3 is 0 Å². The lowest BCUT2D eigenvalue weighted by Crippen LogP contribution is -2.43. The van der Waals surface area contributed by atoms with Gasteiger partial charge in [0.25, 0.3) is 0 Å². The Labute approximate surface area is 161 Å². The minimum atomic E-state index is -0.00561. The van der Waals surface area contributed by atoms with Crippen molar-refractivity contribution in [1.82, 2.24) is 15.5 Å². The first-order valence-corrected chi connectivity index (χ1v) is 8.98. The van der Waals surface area contributed by atoms with E-state index in [0.717, 1.165) is 23.3 Å². The van der Waals surface area contributed by atoms with E-state index in [0.29, 0.717) is 19.0 Å². The van der Waals surface area contributed by atoms with Gasteiger partial charge in [0, 0.05) is 20.6 Å². The Bertz CT molecular complexity index is 745. The second-order valence-electron chi connectivity index (χ2n) is 6.28. The number of hydrogen-bond donors (Lipinski definition) is 2. The maximum Gasteiger partial charge on any atom is 0.241 e. The van der Waals surface area contributed by atoms with Crippen LogP contribution in [0.4, 0.5) is 0 Å². The van der Waals surface area contributed by atoms with Crippen molar-refractivity contribution in [2.24, 2.45) is 4.99 Å². The minimum Gasteiger partial charge on any atom is -0.496 e. The predicted octanol–water partition coefficient (Wildman–Crippen LogP) is 2.06. The summed E-state index contributed by atoms with van der Waals surface area (Å²) in [5.41, 5.74) is 2.24. The van der Waals surface area contributed by atoms with Gasteiger partial charge in [0.1, 0.15) is 5.75 Å². The van der Waals surface area contributed by atoms with Crippen LogP contribution in [0, 0.1) is 0 Å². The molecule has 0 aliphatic rings. The molecule has 0 aliphatic heterocycles. The van der Waals surface area contributed by atoms with E-state index in [-0.39, 0.29) is 12.5 Å². The van der Waals surface area contributed by atoms with Gasteiger partial charge in [-0.2, -0.15) is 0 Å². The van der Waals surface area contributed by atoms with Crippen molar-refractivity contribution in [2.45, 2.75) is 13.0 Å². The average molecular weight is 368 g/mol. The normalized spacial score (nSPS) is 11.0. The standard InChI is InChI=1S/C21H28N4O2/c1-25(2)20(26)16-24-21(23-15-17-9-5-4-6-10-17)22-14-13-18-11-7-8-12-19(18)27-3/h4-12H,13-16H2,1-3H3,(H2,22,23,24). The first-order valence-electron chi connectivity index (χ1n) is 8.98. The molecule has 0 atom stereocenters. The molecular formula is C21H28N4O2. The first-order chi connectivity index (χ1) is 13.1. The molecule has 0 heterocycles. The monoisotopic (exact) mass is 368 g/mol. The van der Waals surface area contributed by atoms with Crippen LogP contribution in [0.1, 0.15) is 11.1 Å². The Morgan fingerprint density at radius 1 is 1.04 bits per heavy atom. The van der Waals surface area contributed by atoms with Gasteiger partial charge in [0.15, 0.2) is 5.96 Å². The van der Waals surface area contributed by atoms with Crippen molar-refractivity contribution in [3.63, 3.8) is 0 Å². The molecule has 0 radical (unpaired) electrons. The number of rotatable bonds is 8. The van der Waals surface area contributed by atoms with Crippen LogP contribution in [0.15, 0.2) is 59.6 Å². The fourth-order valence-electron chi connectivity index (χ4n) is 2.47. The number of nitrogens with one attached hydrogen (secondary N) is 2. The molecule has 0 aromatic heterocycles. The predicted molar refractivity (Wildman–Crippen MR) is 109 cm³/mol. The van der Waals surface area contributed by atoms with E-state index in [1.807, 2.05) is 54.6 Å². The second-order valence-corrected chi connectivity index (χ2v) is 6.28. The number of nitrogens with zero attached hydrogens (tertiary/aromatic N) is 2. The number of ether oxygens (including phenoxy) is 1. The number of benzene rings is 2. The van der Waals surface area contributed by atoms with Crippen LogP contribution < -0.4 is 15.4 Å². The summed E-state index contributed by atoms with van der Waals surface area (Å²) in [7, 11) is 5.15. The zero-order valence-electron chi connectivity index (χ0n) is 16.2. The molecule has 1 amide bonds. The highest BCUT2D eigenvalue weighted by Gasteiger charge is 2.07. The molecule has 6 nitrogen and oxygen atoms in total. The van der Waals surface area contributed by atoms with Crippen molar-refractivity contribution in [1.29, 1.82) is 0 Å². The molecule has 0 aliphatic carbocycles. The largest absolute Gasteiger partial charge is 0.496 e. The molecule has 2 aromatic carbocycles. The quantitative estimate of drug-likeness (QED) is 0.553. The fraction of sp³-hybridized carbons (Fsp3) is 0.333. The number of carbonyl (C=O) groups is 1. The summed E-state index contributed by atoms with van der Waals surface area (Å²) < 4.78 is 5.39. The Hall–Kier alpha value is -3.02. The number of aliphatic imine (C=N–C) groups is 1. The number of hydrogen-bond acceptors (Lipinski definition) is 3. The van der Waals surface area contributed by atoms with E-state index in [2.05, 4.69) is 15.6 Å². The summed E-state index contributed by atoms with van der Waals surface area (Å²) >= 11 is 0. The van der Waals surface area contributed by atoms with Gasteiger partial charge < -0.3 is 20.3 Å². The number of amides is 1. The molecular weight excluding hydrogens is 340 g/mol. The number of likely N-dealkylation sites (N-methyl/N-ethyl adjacent to an activating group) is 1. The second kappa shape index (κ2) is 10.9. The molecule has 0 bridgehead atoms. The number of para-hydroxylation sites is 1. The summed E-state index contributed by atoms with van der Waals surface area (Å²) in [4.78, 5) is 18.0. The van der Waals surface area contributed by atoms with Crippen LogP contribution in [-0.4, -0.2) is 51.1 Å². The van der Waals surface area contributed by atoms with Crippen LogP contribution in [-0.2, 0) is 17.8 Å². The van der Waals surface area contributed by atoms with Crippen molar-refractivity contribution in [3.05, 3.63) is 65.7 Å². The number of guanidine groups is 1. The Morgan fingerprint density at radius 3 is 2.44 bits per heavy atom. The highest BCUT2D eigenvalue weighted by Crippen LogP contribution is 2.17. The molecule has 144 valence electrons. The van der Waals surface area contributed by atoms with Crippen molar-refractivity contribution < 1.29 is 9.53 Å². The Morgan fingerprint density at radius 2 is 1.74 bits per heavy atom. The van der Waals surface area contributed by atoms with Gasteiger partial charge in [-0.3, -0.25) is 4.79 Å². The summed E-state index contributed by atoms with van der Waals surface area (Å²) in [6.07, 6.45) is 0.789. The lowest BCUT2D eigenvalue weighted by Gasteiger charge is -2.15. The molecule has 2 N–H and O–H groups in total. The maximum atomic E-state index is 11.9. The van der Waals surface area contributed by atoms with Gasteiger partial charge in [-0.25, -0.2) is 4.99 Å². The third-order valence-corrected chi connectivity index (χ3v) is 4.05. The smallest absolute Gasteiger partial charge is 0.241 e.